The number of aryl methyl sites for hydroxylation is 1. The highest BCUT2D eigenvalue weighted by atomic mass is 35.5. The molecule has 0 bridgehead atoms. The van der Waals surface area contributed by atoms with Gasteiger partial charge in [0.15, 0.2) is 0 Å². The van der Waals surface area contributed by atoms with E-state index in [1.54, 1.807) is 22.8 Å². The lowest BCUT2D eigenvalue weighted by Crippen LogP contribution is -2.22. The first-order valence-electron chi connectivity index (χ1n) is 6.72. The van der Waals surface area contributed by atoms with Gasteiger partial charge < -0.3 is 9.88 Å². The van der Waals surface area contributed by atoms with Crippen molar-refractivity contribution >= 4 is 33.2 Å². The van der Waals surface area contributed by atoms with E-state index in [0.29, 0.717) is 29.5 Å². The first-order valence-corrected chi connectivity index (χ1v) is 8.58. The van der Waals surface area contributed by atoms with E-state index < -0.39 is 10.0 Å². The third kappa shape index (κ3) is 2.95. The van der Waals surface area contributed by atoms with Crippen LogP contribution in [0.5, 0.6) is 0 Å². The maximum Gasteiger partial charge on any atom is 0.267 e. The van der Waals surface area contributed by atoms with Crippen LogP contribution in [0.15, 0.2) is 41.4 Å². The maximum atomic E-state index is 12.4. The molecule has 1 amide bonds. The molecule has 0 unspecified atom stereocenters. The van der Waals surface area contributed by atoms with Crippen molar-refractivity contribution in [3.8, 4) is 0 Å². The minimum atomic E-state index is -3.77. The van der Waals surface area contributed by atoms with Crippen molar-refractivity contribution in [3.63, 3.8) is 0 Å². The van der Waals surface area contributed by atoms with Crippen LogP contribution in [0, 0.1) is 0 Å². The first-order chi connectivity index (χ1) is 10.5. The van der Waals surface area contributed by atoms with Gasteiger partial charge in [-0.1, -0.05) is 17.7 Å². The highest BCUT2D eigenvalue weighted by Gasteiger charge is 2.23. The number of amides is 1. The third-order valence-electron chi connectivity index (χ3n) is 3.35. The molecule has 8 heteroatoms. The normalized spacial score (nSPS) is 14.9. The SMILES string of the molecule is O=C1NCCCn2cc(S(=O)(=O)Nc3cccc(Cl)c3)cc21. The number of nitrogens with one attached hydrogen (secondary N) is 2. The molecular weight excluding hydrogens is 326 g/mol. The van der Waals surface area contributed by atoms with Gasteiger partial charge in [0.2, 0.25) is 0 Å². The van der Waals surface area contributed by atoms with Crippen LogP contribution in [0.1, 0.15) is 16.9 Å². The molecule has 0 spiro atoms. The molecule has 0 aliphatic carbocycles. The summed E-state index contributed by atoms with van der Waals surface area (Å²) in [5.41, 5.74) is 0.724. The molecular formula is C14H14ClN3O3S. The summed E-state index contributed by atoms with van der Waals surface area (Å²) in [4.78, 5) is 11.9. The lowest BCUT2D eigenvalue weighted by Gasteiger charge is -2.06. The Bertz CT molecular complexity index is 830. The second kappa shape index (κ2) is 5.66. The number of nitrogens with zero attached hydrogens (tertiary/aromatic N) is 1. The predicted octanol–water partition coefficient (Wildman–Crippen LogP) is 2.08. The third-order valence-corrected chi connectivity index (χ3v) is 4.94. The summed E-state index contributed by atoms with van der Waals surface area (Å²) in [7, 11) is -3.77. The van der Waals surface area contributed by atoms with Crippen LogP contribution >= 0.6 is 11.6 Å². The summed E-state index contributed by atoms with van der Waals surface area (Å²) in [5.74, 6) is -0.262. The molecule has 1 aromatic heterocycles. The number of carbonyl (C=O) groups is 1. The van der Waals surface area contributed by atoms with Crippen LogP contribution in [-0.2, 0) is 16.6 Å². The van der Waals surface area contributed by atoms with Crippen molar-refractivity contribution in [3.05, 3.63) is 47.2 Å². The smallest absolute Gasteiger partial charge is 0.267 e. The van der Waals surface area contributed by atoms with Gasteiger partial charge in [-0.2, -0.15) is 0 Å². The zero-order chi connectivity index (χ0) is 15.7. The average Bonchev–Trinajstić information content (AvgIpc) is 2.81. The molecule has 1 aliphatic heterocycles. The molecule has 0 saturated heterocycles. The molecule has 2 aromatic rings. The summed E-state index contributed by atoms with van der Waals surface area (Å²) in [6, 6.07) is 7.82. The largest absolute Gasteiger partial charge is 0.351 e. The highest BCUT2D eigenvalue weighted by molar-refractivity contribution is 7.92. The number of sulfonamides is 1. The van der Waals surface area contributed by atoms with E-state index >= 15 is 0 Å². The van der Waals surface area contributed by atoms with Gasteiger partial charge in [-0.05, 0) is 30.7 Å². The number of halogens is 1. The number of hydrogen-bond acceptors (Lipinski definition) is 3. The summed E-state index contributed by atoms with van der Waals surface area (Å²) < 4.78 is 29.0. The minimum Gasteiger partial charge on any atom is -0.351 e. The average molecular weight is 340 g/mol. The van der Waals surface area contributed by atoms with Gasteiger partial charge in [0.1, 0.15) is 10.6 Å². The van der Waals surface area contributed by atoms with Crippen molar-refractivity contribution in [1.82, 2.24) is 9.88 Å². The van der Waals surface area contributed by atoms with Gasteiger partial charge in [0.05, 0.1) is 5.69 Å². The minimum absolute atomic E-state index is 0.0551. The van der Waals surface area contributed by atoms with E-state index in [1.807, 2.05) is 0 Å². The number of fused-ring (bicyclic) bond motifs is 1. The fourth-order valence-electron chi connectivity index (χ4n) is 2.31. The fraction of sp³-hybridized carbons (Fsp3) is 0.214. The Morgan fingerprint density at radius 3 is 2.86 bits per heavy atom. The van der Waals surface area contributed by atoms with E-state index in [4.69, 9.17) is 11.6 Å². The number of anilines is 1. The number of hydrogen-bond donors (Lipinski definition) is 2. The second-order valence-corrected chi connectivity index (χ2v) is 7.10. The van der Waals surface area contributed by atoms with E-state index in [9.17, 15) is 13.2 Å². The van der Waals surface area contributed by atoms with E-state index in [0.717, 1.165) is 6.42 Å². The Morgan fingerprint density at radius 2 is 2.09 bits per heavy atom. The van der Waals surface area contributed by atoms with E-state index in [2.05, 4.69) is 10.0 Å². The second-order valence-electron chi connectivity index (χ2n) is 4.98. The van der Waals surface area contributed by atoms with Crippen molar-refractivity contribution in [2.24, 2.45) is 0 Å². The Hall–Kier alpha value is -1.99. The van der Waals surface area contributed by atoms with Gasteiger partial charge in [-0.15, -0.1) is 0 Å². The van der Waals surface area contributed by atoms with Crippen LogP contribution < -0.4 is 10.0 Å². The monoisotopic (exact) mass is 339 g/mol. The molecule has 116 valence electrons. The highest BCUT2D eigenvalue weighted by Crippen LogP contribution is 2.22. The van der Waals surface area contributed by atoms with Crippen LogP contribution in [0.4, 0.5) is 5.69 Å². The standard InChI is InChI=1S/C14H14ClN3O3S/c15-10-3-1-4-11(7-10)17-22(20,21)12-8-13-14(19)16-5-2-6-18(13)9-12/h1,3-4,7-9,17H,2,5-6H2,(H,16,19). The fourth-order valence-corrected chi connectivity index (χ4v) is 3.59. The quantitative estimate of drug-likeness (QED) is 0.898. The maximum absolute atomic E-state index is 12.4. The zero-order valence-corrected chi connectivity index (χ0v) is 13.1. The van der Waals surface area contributed by atoms with Crippen LogP contribution in [0.25, 0.3) is 0 Å². The Balaban J connectivity index is 1.93. The first kappa shape index (κ1) is 14.9. The van der Waals surface area contributed by atoms with E-state index in [-0.39, 0.29) is 10.8 Å². The lowest BCUT2D eigenvalue weighted by molar-refractivity contribution is 0.0951. The number of rotatable bonds is 3. The predicted molar refractivity (Wildman–Crippen MR) is 83.6 cm³/mol. The Labute approximate surface area is 133 Å². The van der Waals surface area contributed by atoms with Gasteiger partial charge >= 0.3 is 0 Å². The molecule has 0 atom stereocenters. The van der Waals surface area contributed by atoms with Crippen LogP contribution in [0.3, 0.4) is 0 Å². The molecule has 6 nitrogen and oxygen atoms in total. The van der Waals surface area contributed by atoms with Crippen molar-refractivity contribution in [2.75, 3.05) is 11.3 Å². The molecule has 22 heavy (non-hydrogen) atoms. The molecule has 0 radical (unpaired) electrons. The molecule has 2 heterocycles. The zero-order valence-electron chi connectivity index (χ0n) is 11.5. The molecule has 3 rings (SSSR count). The number of aromatic nitrogens is 1. The van der Waals surface area contributed by atoms with Gasteiger partial charge in [0.25, 0.3) is 15.9 Å². The van der Waals surface area contributed by atoms with Crippen molar-refractivity contribution < 1.29 is 13.2 Å². The van der Waals surface area contributed by atoms with Gasteiger partial charge in [-0.25, -0.2) is 8.42 Å². The Kier molecular flexibility index (Phi) is 3.84. The summed E-state index contributed by atoms with van der Waals surface area (Å²) in [5, 5.41) is 3.17. The van der Waals surface area contributed by atoms with Crippen LogP contribution in [0.2, 0.25) is 5.02 Å². The summed E-state index contributed by atoms with van der Waals surface area (Å²) in [6.45, 7) is 1.18. The van der Waals surface area contributed by atoms with Crippen LogP contribution in [-0.4, -0.2) is 25.4 Å². The van der Waals surface area contributed by atoms with Gasteiger partial charge in [0, 0.05) is 24.3 Å². The van der Waals surface area contributed by atoms with Crippen molar-refractivity contribution in [2.45, 2.75) is 17.9 Å². The summed E-state index contributed by atoms with van der Waals surface area (Å²) in [6.07, 6.45) is 2.24. The van der Waals surface area contributed by atoms with E-state index in [1.165, 1.54) is 18.3 Å². The molecule has 1 aliphatic rings. The van der Waals surface area contributed by atoms with Gasteiger partial charge in [-0.3, -0.25) is 9.52 Å². The number of benzene rings is 1. The topological polar surface area (TPSA) is 80.2 Å². The molecule has 1 aromatic carbocycles. The van der Waals surface area contributed by atoms with Crippen molar-refractivity contribution in [1.29, 1.82) is 0 Å². The summed E-state index contributed by atoms with van der Waals surface area (Å²) >= 11 is 5.85. The molecule has 2 N–H and O–H groups in total. The number of carbonyl (C=O) groups excluding carboxylic acids is 1. The molecule has 0 saturated carbocycles. The molecule has 0 fully saturated rings. The Morgan fingerprint density at radius 1 is 1.27 bits per heavy atom. The lowest BCUT2D eigenvalue weighted by atomic mass is 10.3.